The molecule has 0 aliphatic rings. The Morgan fingerprint density at radius 1 is 1.20 bits per heavy atom. The van der Waals surface area contributed by atoms with E-state index in [9.17, 15) is 13.2 Å². The Hall–Kier alpha value is -2.71. The summed E-state index contributed by atoms with van der Waals surface area (Å²) in [6.45, 7) is 4.21. The average molecular weight is 360 g/mol. The second-order valence-corrected chi connectivity index (χ2v) is 7.52. The molecule has 0 unspecified atom stereocenters. The van der Waals surface area contributed by atoms with Crippen molar-refractivity contribution in [2.24, 2.45) is 0 Å². The highest BCUT2D eigenvalue weighted by molar-refractivity contribution is 7.89. The normalized spacial score (nSPS) is 11.2. The summed E-state index contributed by atoms with van der Waals surface area (Å²) in [5.41, 5.74) is 0.894. The first-order valence-corrected chi connectivity index (χ1v) is 8.93. The van der Waals surface area contributed by atoms with Crippen LogP contribution in [0.3, 0.4) is 0 Å². The van der Waals surface area contributed by atoms with Crippen molar-refractivity contribution in [2.45, 2.75) is 4.90 Å². The van der Waals surface area contributed by atoms with E-state index in [-0.39, 0.29) is 10.8 Å². The largest absolute Gasteiger partial charge is 0.367 e. The number of benzene rings is 1. The summed E-state index contributed by atoms with van der Waals surface area (Å²) in [6, 6.07) is 9.22. The molecule has 132 valence electrons. The molecule has 0 aliphatic heterocycles. The van der Waals surface area contributed by atoms with Crippen LogP contribution < -0.4 is 10.6 Å². The fourth-order valence-corrected chi connectivity index (χ4v) is 2.84. The van der Waals surface area contributed by atoms with Gasteiger partial charge in [-0.25, -0.2) is 17.7 Å². The molecule has 0 spiro atoms. The number of sulfonamides is 1. The van der Waals surface area contributed by atoms with Crippen LogP contribution in [0.2, 0.25) is 0 Å². The third kappa shape index (κ3) is 4.65. The topological polar surface area (TPSA) is 91.4 Å². The van der Waals surface area contributed by atoms with Crippen LogP contribution in [0.5, 0.6) is 0 Å². The van der Waals surface area contributed by atoms with Gasteiger partial charge in [-0.15, -0.1) is 6.58 Å². The molecule has 1 amide bonds. The molecule has 0 saturated carbocycles. The maximum atomic E-state index is 12.2. The van der Waals surface area contributed by atoms with Gasteiger partial charge in [-0.05, 0) is 36.4 Å². The number of hydrogen-bond donors (Lipinski definition) is 2. The molecule has 1 aromatic heterocycles. The van der Waals surface area contributed by atoms with E-state index < -0.39 is 10.0 Å². The highest BCUT2D eigenvalue weighted by Crippen LogP contribution is 2.16. The van der Waals surface area contributed by atoms with E-state index in [4.69, 9.17) is 0 Å². The maximum absolute atomic E-state index is 12.2. The van der Waals surface area contributed by atoms with Crippen molar-refractivity contribution < 1.29 is 13.2 Å². The van der Waals surface area contributed by atoms with Crippen LogP contribution in [0.4, 0.5) is 11.5 Å². The van der Waals surface area contributed by atoms with Crippen molar-refractivity contribution in [1.82, 2.24) is 9.29 Å². The number of carbonyl (C=O) groups is 1. The van der Waals surface area contributed by atoms with E-state index >= 15 is 0 Å². The monoisotopic (exact) mass is 360 g/mol. The van der Waals surface area contributed by atoms with Crippen LogP contribution in [0, 0.1) is 0 Å². The van der Waals surface area contributed by atoms with Crippen molar-refractivity contribution in [1.29, 1.82) is 0 Å². The molecule has 0 fully saturated rings. The molecule has 8 heteroatoms. The zero-order valence-electron chi connectivity index (χ0n) is 14.1. The number of aromatic nitrogens is 1. The van der Waals surface area contributed by atoms with Gasteiger partial charge < -0.3 is 10.6 Å². The molecule has 1 heterocycles. The van der Waals surface area contributed by atoms with Crippen molar-refractivity contribution in [3.8, 4) is 0 Å². The molecule has 0 bridgehead atoms. The Morgan fingerprint density at radius 3 is 2.40 bits per heavy atom. The van der Waals surface area contributed by atoms with E-state index in [1.807, 2.05) is 0 Å². The summed E-state index contributed by atoms with van der Waals surface area (Å²) in [7, 11) is -0.603. The number of anilines is 2. The third-order valence-electron chi connectivity index (χ3n) is 3.34. The number of hydrogen-bond acceptors (Lipinski definition) is 5. The van der Waals surface area contributed by atoms with Crippen molar-refractivity contribution in [3.05, 3.63) is 60.8 Å². The third-order valence-corrected chi connectivity index (χ3v) is 5.17. The number of pyridine rings is 1. The average Bonchev–Trinajstić information content (AvgIpc) is 2.61. The zero-order chi connectivity index (χ0) is 18.4. The van der Waals surface area contributed by atoms with Crippen molar-refractivity contribution >= 4 is 27.4 Å². The molecule has 1 aromatic carbocycles. The van der Waals surface area contributed by atoms with Crippen LogP contribution in [0.15, 0.2) is 60.1 Å². The predicted molar refractivity (Wildman–Crippen MR) is 98.2 cm³/mol. The lowest BCUT2D eigenvalue weighted by Crippen LogP contribution is -2.22. The Bertz CT molecular complexity index is 844. The first-order chi connectivity index (χ1) is 11.8. The minimum Gasteiger partial charge on any atom is -0.367 e. The van der Waals surface area contributed by atoms with Gasteiger partial charge in [-0.3, -0.25) is 4.79 Å². The summed E-state index contributed by atoms with van der Waals surface area (Å²) in [5.74, 6) is 0.332. The number of nitrogens with zero attached hydrogens (tertiary/aromatic N) is 2. The number of amides is 1. The summed E-state index contributed by atoms with van der Waals surface area (Å²) in [6.07, 6.45) is 3.26. The molecule has 2 rings (SSSR count). The van der Waals surface area contributed by atoms with Gasteiger partial charge in [-0.2, -0.15) is 0 Å². The van der Waals surface area contributed by atoms with Crippen LogP contribution in [-0.2, 0) is 10.0 Å². The fraction of sp³-hybridized carbons (Fsp3) is 0.176. The summed E-state index contributed by atoms with van der Waals surface area (Å²) in [4.78, 5) is 16.5. The first kappa shape index (κ1) is 18.6. The Balaban J connectivity index is 2.07. The van der Waals surface area contributed by atoms with E-state index in [1.54, 1.807) is 18.2 Å². The van der Waals surface area contributed by atoms with Crippen LogP contribution in [0.25, 0.3) is 0 Å². The fourth-order valence-electron chi connectivity index (χ4n) is 1.94. The molecule has 2 N–H and O–H groups in total. The summed E-state index contributed by atoms with van der Waals surface area (Å²) < 4.78 is 25.2. The second kappa shape index (κ2) is 7.91. The minimum atomic E-state index is -3.51. The molecular weight excluding hydrogens is 340 g/mol. The van der Waals surface area contributed by atoms with Gasteiger partial charge >= 0.3 is 0 Å². The smallest absolute Gasteiger partial charge is 0.255 e. The number of nitrogens with one attached hydrogen (secondary N) is 2. The number of carbonyl (C=O) groups excluding carboxylic acids is 1. The Labute approximate surface area is 147 Å². The molecule has 0 aliphatic carbocycles. The lowest BCUT2D eigenvalue weighted by atomic mass is 10.2. The van der Waals surface area contributed by atoms with E-state index in [2.05, 4.69) is 22.2 Å². The van der Waals surface area contributed by atoms with Crippen LogP contribution >= 0.6 is 0 Å². The van der Waals surface area contributed by atoms with Gasteiger partial charge in [0.05, 0.1) is 16.8 Å². The Kier molecular flexibility index (Phi) is 5.89. The van der Waals surface area contributed by atoms with Gasteiger partial charge in [0.15, 0.2) is 0 Å². The van der Waals surface area contributed by atoms with Gasteiger partial charge in [0, 0.05) is 26.2 Å². The van der Waals surface area contributed by atoms with Crippen molar-refractivity contribution in [3.63, 3.8) is 0 Å². The molecule has 0 radical (unpaired) electrons. The number of rotatable bonds is 7. The quantitative estimate of drug-likeness (QED) is 0.739. The summed E-state index contributed by atoms with van der Waals surface area (Å²) >= 11 is 0. The molecule has 0 atom stereocenters. The summed E-state index contributed by atoms with van der Waals surface area (Å²) in [5, 5.41) is 5.75. The zero-order valence-corrected chi connectivity index (χ0v) is 14.9. The minimum absolute atomic E-state index is 0.133. The standard InChI is InChI=1S/C17H20N4O3S/c1-4-11-18-16-10-7-14(12-19-16)20-17(22)13-5-8-15(9-6-13)25(23,24)21(2)3/h4-10,12H,1,11H2,2-3H3,(H,18,19)(H,20,22). The highest BCUT2D eigenvalue weighted by Gasteiger charge is 2.17. The molecule has 7 nitrogen and oxygen atoms in total. The van der Waals surface area contributed by atoms with Gasteiger partial charge in [0.1, 0.15) is 5.82 Å². The lowest BCUT2D eigenvalue weighted by Gasteiger charge is -2.11. The highest BCUT2D eigenvalue weighted by atomic mass is 32.2. The molecular formula is C17H20N4O3S. The lowest BCUT2D eigenvalue weighted by molar-refractivity contribution is 0.102. The molecule has 2 aromatic rings. The first-order valence-electron chi connectivity index (χ1n) is 7.49. The Morgan fingerprint density at radius 2 is 1.88 bits per heavy atom. The van der Waals surface area contributed by atoms with E-state index in [0.717, 1.165) is 4.31 Å². The maximum Gasteiger partial charge on any atom is 0.255 e. The van der Waals surface area contributed by atoms with Crippen LogP contribution in [-0.4, -0.2) is 44.3 Å². The van der Waals surface area contributed by atoms with E-state index in [1.165, 1.54) is 44.6 Å². The molecule has 25 heavy (non-hydrogen) atoms. The molecule has 0 saturated heterocycles. The second-order valence-electron chi connectivity index (χ2n) is 5.37. The van der Waals surface area contributed by atoms with Crippen molar-refractivity contribution in [2.75, 3.05) is 31.3 Å². The SMILES string of the molecule is C=CCNc1ccc(NC(=O)c2ccc(S(=O)(=O)N(C)C)cc2)cn1. The van der Waals surface area contributed by atoms with Gasteiger partial charge in [0.25, 0.3) is 5.91 Å². The van der Waals surface area contributed by atoms with Gasteiger partial charge in [0.2, 0.25) is 10.0 Å². The van der Waals surface area contributed by atoms with Gasteiger partial charge in [-0.1, -0.05) is 6.08 Å². The predicted octanol–water partition coefficient (Wildman–Crippen LogP) is 2.18. The van der Waals surface area contributed by atoms with E-state index in [0.29, 0.717) is 23.6 Å². The van der Waals surface area contributed by atoms with Crippen LogP contribution in [0.1, 0.15) is 10.4 Å².